The van der Waals surface area contributed by atoms with Crippen molar-refractivity contribution in [3.63, 3.8) is 0 Å². The maximum absolute atomic E-state index is 9.50. The number of nitrogens with one attached hydrogen (secondary N) is 1. The fraction of sp³-hybridized carbons (Fsp3) is 0.333. The molecule has 1 saturated heterocycles. The van der Waals surface area contributed by atoms with E-state index in [1.165, 1.54) is 5.56 Å². The van der Waals surface area contributed by atoms with Gasteiger partial charge in [0.25, 0.3) is 0 Å². The molecule has 0 saturated carbocycles. The molecule has 4 heteroatoms. The molecule has 0 spiro atoms. The van der Waals surface area contributed by atoms with Crippen molar-refractivity contribution in [1.82, 2.24) is 5.32 Å². The lowest BCUT2D eigenvalue weighted by Gasteiger charge is -2.46. The van der Waals surface area contributed by atoms with E-state index in [1.54, 1.807) is 0 Å². The molecule has 1 aromatic rings. The molecule has 0 aromatic heterocycles. The van der Waals surface area contributed by atoms with Crippen LogP contribution in [-0.4, -0.2) is 18.2 Å². The summed E-state index contributed by atoms with van der Waals surface area (Å²) >= 11 is 0. The van der Waals surface area contributed by atoms with Crippen LogP contribution >= 0.6 is 0 Å². The van der Waals surface area contributed by atoms with Crippen molar-refractivity contribution in [3.8, 4) is 12.1 Å². The van der Waals surface area contributed by atoms with Crippen molar-refractivity contribution in [1.29, 1.82) is 10.5 Å². The van der Waals surface area contributed by atoms with Crippen LogP contribution in [0.1, 0.15) is 11.5 Å². The summed E-state index contributed by atoms with van der Waals surface area (Å²) < 4.78 is 0. The lowest BCUT2D eigenvalue weighted by molar-refractivity contribution is 0.285. The smallest absolute Gasteiger partial charge is 0.136 e. The predicted octanol–water partition coefficient (Wildman–Crippen LogP) is 1.49. The molecule has 0 unspecified atom stereocenters. The number of para-hydroxylation sites is 1. The van der Waals surface area contributed by atoms with Gasteiger partial charge in [-0.25, -0.2) is 0 Å². The van der Waals surface area contributed by atoms with Gasteiger partial charge in [0.05, 0.1) is 24.2 Å². The van der Waals surface area contributed by atoms with Crippen LogP contribution in [0.4, 0.5) is 5.69 Å². The molecule has 4 nitrogen and oxygen atoms in total. The van der Waals surface area contributed by atoms with Gasteiger partial charge in [-0.1, -0.05) is 30.4 Å². The summed E-state index contributed by atoms with van der Waals surface area (Å²) in [6, 6.07) is 12.4. The molecular weight excluding hydrogens is 236 g/mol. The number of hydrogen-bond acceptors (Lipinski definition) is 4. The summed E-state index contributed by atoms with van der Waals surface area (Å²) in [6.07, 6.45) is 4.35. The third-order valence-electron chi connectivity index (χ3n) is 4.41. The van der Waals surface area contributed by atoms with Gasteiger partial charge in [-0.15, -0.1) is 0 Å². The molecule has 0 aliphatic carbocycles. The molecule has 1 aromatic carbocycles. The molecule has 2 bridgehead atoms. The van der Waals surface area contributed by atoms with Crippen LogP contribution in [0.2, 0.25) is 0 Å². The summed E-state index contributed by atoms with van der Waals surface area (Å²) in [6.45, 7) is 0. The third kappa shape index (κ3) is 1.19. The van der Waals surface area contributed by atoms with E-state index < -0.39 is 0 Å². The van der Waals surface area contributed by atoms with Gasteiger partial charge < -0.3 is 4.90 Å². The van der Waals surface area contributed by atoms with Crippen molar-refractivity contribution < 1.29 is 0 Å². The Labute approximate surface area is 111 Å². The van der Waals surface area contributed by atoms with Gasteiger partial charge in [0, 0.05) is 17.6 Å². The maximum atomic E-state index is 9.50. The Kier molecular flexibility index (Phi) is 2.01. The summed E-state index contributed by atoms with van der Waals surface area (Å²) in [5, 5.41) is 22.4. The minimum absolute atomic E-state index is 0.0125. The zero-order valence-corrected chi connectivity index (χ0v) is 10.2. The van der Waals surface area contributed by atoms with Crippen LogP contribution in [0, 0.1) is 28.6 Å². The summed E-state index contributed by atoms with van der Waals surface area (Å²) in [5.74, 6) is -0.0486. The highest BCUT2D eigenvalue weighted by Gasteiger charge is 2.51. The Hall–Kier alpha value is -2.30. The molecule has 0 amide bonds. The topological polar surface area (TPSA) is 62.9 Å². The molecule has 3 heterocycles. The van der Waals surface area contributed by atoms with E-state index >= 15 is 0 Å². The van der Waals surface area contributed by atoms with E-state index in [-0.39, 0.29) is 30.1 Å². The first-order chi connectivity index (χ1) is 9.35. The number of benzene rings is 1. The third-order valence-corrected chi connectivity index (χ3v) is 4.41. The molecule has 5 atom stereocenters. The first-order valence-electron chi connectivity index (χ1n) is 6.46. The SMILES string of the molecule is N#C[C@@H]1[C@H]2C=C[C@H]3c4ccccc4N([C@H]1C#N)[C@H]3N2. The highest BCUT2D eigenvalue weighted by atomic mass is 15.4. The fourth-order valence-corrected chi connectivity index (χ4v) is 3.59. The Balaban J connectivity index is 1.95. The second-order valence-corrected chi connectivity index (χ2v) is 5.24. The Morgan fingerprint density at radius 1 is 1.11 bits per heavy atom. The number of rotatable bonds is 0. The number of nitriles is 2. The Morgan fingerprint density at radius 2 is 1.95 bits per heavy atom. The van der Waals surface area contributed by atoms with Crippen LogP contribution in [0.25, 0.3) is 0 Å². The van der Waals surface area contributed by atoms with Crippen molar-refractivity contribution in [2.45, 2.75) is 24.2 Å². The molecule has 19 heavy (non-hydrogen) atoms. The minimum atomic E-state index is -0.377. The molecule has 0 radical (unpaired) electrons. The van der Waals surface area contributed by atoms with Crippen molar-refractivity contribution in [2.24, 2.45) is 5.92 Å². The van der Waals surface area contributed by atoms with Crippen LogP contribution < -0.4 is 10.2 Å². The number of fused-ring (bicyclic) bond motifs is 4. The van der Waals surface area contributed by atoms with Gasteiger partial charge in [0.15, 0.2) is 0 Å². The van der Waals surface area contributed by atoms with E-state index in [4.69, 9.17) is 0 Å². The van der Waals surface area contributed by atoms with Crippen molar-refractivity contribution in [2.75, 3.05) is 4.90 Å². The van der Waals surface area contributed by atoms with E-state index in [1.807, 2.05) is 18.2 Å². The molecule has 3 aliphatic rings. The highest BCUT2D eigenvalue weighted by Crippen LogP contribution is 2.47. The van der Waals surface area contributed by atoms with Gasteiger partial charge in [-0.2, -0.15) is 10.5 Å². The highest BCUT2D eigenvalue weighted by molar-refractivity contribution is 5.66. The van der Waals surface area contributed by atoms with E-state index in [9.17, 15) is 10.5 Å². The normalized spacial score (nSPS) is 37.4. The monoisotopic (exact) mass is 248 g/mol. The zero-order chi connectivity index (χ0) is 13.0. The number of nitrogens with zero attached hydrogens (tertiary/aromatic N) is 3. The quantitative estimate of drug-likeness (QED) is 0.706. The van der Waals surface area contributed by atoms with E-state index in [0.717, 1.165) is 5.69 Å². The molecule has 92 valence electrons. The molecule has 1 fully saturated rings. The first kappa shape index (κ1) is 10.6. The van der Waals surface area contributed by atoms with Crippen molar-refractivity contribution >= 4 is 5.69 Å². The number of anilines is 1. The molecule has 4 rings (SSSR count). The van der Waals surface area contributed by atoms with Gasteiger partial charge in [0.2, 0.25) is 0 Å². The van der Waals surface area contributed by atoms with Gasteiger partial charge in [-0.05, 0) is 11.6 Å². The lowest BCUT2D eigenvalue weighted by Crippen LogP contribution is -2.65. The van der Waals surface area contributed by atoms with Crippen LogP contribution in [0.3, 0.4) is 0 Å². The largest absolute Gasteiger partial charge is 0.337 e. The minimum Gasteiger partial charge on any atom is -0.337 e. The second kappa shape index (κ2) is 3.60. The van der Waals surface area contributed by atoms with Crippen molar-refractivity contribution in [3.05, 3.63) is 42.0 Å². The van der Waals surface area contributed by atoms with Crippen LogP contribution in [0.5, 0.6) is 0 Å². The van der Waals surface area contributed by atoms with Gasteiger partial charge >= 0.3 is 0 Å². The summed E-state index contributed by atoms with van der Waals surface area (Å²) in [5.41, 5.74) is 2.33. The fourth-order valence-electron chi connectivity index (χ4n) is 3.59. The molecule has 3 aliphatic heterocycles. The lowest BCUT2D eigenvalue weighted by atomic mass is 9.84. The average Bonchev–Trinajstić information content (AvgIpc) is 2.81. The Bertz CT molecular complexity index is 651. The summed E-state index contributed by atoms with van der Waals surface area (Å²) in [4.78, 5) is 2.09. The molecular formula is C15H12N4. The van der Waals surface area contributed by atoms with E-state index in [0.29, 0.717) is 0 Å². The average molecular weight is 248 g/mol. The first-order valence-corrected chi connectivity index (χ1v) is 6.46. The van der Waals surface area contributed by atoms with Crippen LogP contribution in [-0.2, 0) is 0 Å². The molecule has 1 N–H and O–H groups in total. The second-order valence-electron chi connectivity index (χ2n) is 5.24. The summed E-state index contributed by atoms with van der Waals surface area (Å²) in [7, 11) is 0. The van der Waals surface area contributed by atoms with Gasteiger partial charge in [0.1, 0.15) is 6.04 Å². The van der Waals surface area contributed by atoms with Gasteiger partial charge in [-0.3, -0.25) is 5.32 Å². The Morgan fingerprint density at radius 3 is 2.74 bits per heavy atom. The van der Waals surface area contributed by atoms with Crippen LogP contribution in [0.15, 0.2) is 36.4 Å². The zero-order valence-electron chi connectivity index (χ0n) is 10.2. The predicted molar refractivity (Wildman–Crippen MR) is 70.0 cm³/mol. The number of hydrogen-bond donors (Lipinski definition) is 1. The maximum Gasteiger partial charge on any atom is 0.136 e. The van der Waals surface area contributed by atoms with E-state index in [2.05, 4.69) is 40.6 Å². The standard InChI is InChI=1S/C15H12N4/c16-7-11-12-6-5-10-9-3-1-2-4-13(9)19(14(11)8-17)15(10)18-12/h1-6,10-12,14-15,18H/t10-,11+,12+,14-,15+/m0/s1.